The molecule has 2 heterocycles. The number of rotatable bonds is 8. The lowest BCUT2D eigenvalue weighted by Gasteiger charge is -2.09. The molecule has 1 aromatic heterocycles. The summed E-state index contributed by atoms with van der Waals surface area (Å²) < 4.78 is 5.82. The van der Waals surface area contributed by atoms with Gasteiger partial charge in [0.1, 0.15) is 11.6 Å². The Labute approximate surface area is 149 Å². The van der Waals surface area contributed by atoms with Crippen molar-refractivity contribution in [1.82, 2.24) is 15.6 Å². The third-order valence-electron chi connectivity index (χ3n) is 4.06. The first-order valence-corrected chi connectivity index (χ1v) is 8.93. The monoisotopic (exact) mass is 338 g/mol. The summed E-state index contributed by atoms with van der Waals surface area (Å²) in [6.45, 7) is 8.14. The quantitative estimate of drug-likeness (QED) is 0.725. The highest BCUT2D eigenvalue weighted by Gasteiger charge is 2.08. The normalized spacial score (nSPS) is 13.6. The van der Waals surface area contributed by atoms with E-state index in [4.69, 9.17) is 4.74 Å². The molecule has 0 radical (unpaired) electrons. The van der Waals surface area contributed by atoms with E-state index in [-0.39, 0.29) is 0 Å². The van der Waals surface area contributed by atoms with Crippen LogP contribution in [-0.4, -0.2) is 30.5 Å². The van der Waals surface area contributed by atoms with Crippen LogP contribution in [-0.2, 0) is 6.54 Å². The Morgan fingerprint density at radius 3 is 2.64 bits per heavy atom. The number of benzene rings is 1. The van der Waals surface area contributed by atoms with Crippen molar-refractivity contribution in [3.05, 3.63) is 53.7 Å². The zero-order chi connectivity index (χ0) is 17.5. The molecule has 0 fully saturated rings. The molecule has 2 N–H and O–H groups in total. The number of aliphatic imine (C=N–C) groups is 1. The summed E-state index contributed by atoms with van der Waals surface area (Å²) in [7, 11) is 0. The summed E-state index contributed by atoms with van der Waals surface area (Å²) in [5, 5.41) is 6.70. The average Bonchev–Trinajstić information content (AvgIpc) is 3.15. The first-order valence-electron chi connectivity index (χ1n) is 8.93. The third kappa shape index (κ3) is 5.29. The molecule has 1 aliphatic heterocycles. The van der Waals surface area contributed by atoms with Crippen molar-refractivity contribution in [2.75, 3.05) is 19.6 Å². The minimum Gasteiger partial charge on any atom is -0.439 e. The van der Waals surface area contributed by atoms with Crippen LogP contribution in [0.5, 0.6) is 11.6 Å². The summed E-state index contributed by atoms with van der Waals surface area (Å²) in [5.41, 5.74) is 2.25. The predicted octanol–water partition coefficient (Wildman–Crippen LogP) is 3.36. The first-order chi connectivity index (χ1) is 12.2. The van der Waals surface area contributed by atoms with Crippen molar-refractivity contribution in [2.24, 2.45) is 10.9 Å². The van der Waals surface area contributed by atoms with Crippen LogP contribution in [0.2, 0.25) is 0 Å². The van der Waals surface area contributed by atoms with E-state index in [9.17, 15) is 0 Å². The highest BCUT2D eigenvalue weighted by atomic mass is 16.5. The Kier molecular flexibility index (Phi) is 6.01. The number of ether oxygens (including phenoxy) is 1. The van der Waals surface area contributed by atoms with Crippen LogP contribution in [0.4, 0.5) is 0 Å². The number of hydrogen-bond donors (Lipinski definition) is 2. The van der Waals surface area contributed by atoms with E-state index in [0.29, 0.717) is 5.88 Å². The highest BCUT2D eigenvalue weighted by Crippen LogP contribution is 2.20. The average molecular weight is 338 g/mol. The lowest BCUT2D eigenvalue weighted by Crippen LogP contribution is -2.19. The second kappa shape index (κ2) is 8.62. The lowest BCUT2D eigenvalue weighted by atomic mass is 10.1. The minimum atomic E-state index is 0.588. The van der Waals surface area contributed by atoms with E-state index in [1.165, 1.54) is 12.0 Å². The molecule has 0 bridgehead atoms. The summed E-state index contributed by atoms with van der Waals surface area (Å²) >= 11 is 0. The molecule has 0 unspecified atom stereocenters. The Hall–Kier alpha value is -2.40. The fourth-order valence-corrected chi connectivity index (χ4v) is 2.59. The topological polar surface area (TPSA) is 58.5 Å². The van der Waals surface area contributed by atoms with Crippen molar-refractivity contribution in [1.29, 1.82) is 0 Å². The highest BCUT2D eigenvalue weighted by molar-refractivity contribution is 5.99. The number of amidine groups is 1. The molecule has 5 heteroatoms. The van der Waals surface area contributed by atoms with Crippen molar-refractivity contribution in [2.45, 2.75) is 26.8 Å². The number of aromatic nitrogens is 1. The van der Waals surface area contributed by atoms with Crippen LogP contribution < -0.4 is 15.4 Å². The number of nitrogens with zero attached hydrogens (tertiary/aromatic N) is 2. The van der Waals surface area contributed by atoms with Gasteiger partial charge in [0.05, 0.1) is 6.54 Å². The molecule has 132 valence electrons. The summed E-state index contributed by atoms with van der Waals surface area (Å²) in [5.74, 6) is 3.03. The summed E-state index contributed by atoms with van der Waals surface area (Å²) in [6.07, 6.45) is 2.99. The van der Waals surface area contributed by atoms with Gasteiger partial charge in [-0.3, -0.25) is 4.99 Å². The standard InChI is InChI=1S/C20H26N4O/c1-15(2)9-10-21-13-16-3-6-18(7-4-16)25-19-8-5-17(14-24-19)20-22-11-12-23-20/h3-8,14-15,21H,9-13H2,1-2H3,(H,22,23). The molecule has 0 amide bonds. The van der Waals surface area contributed by atoms with E-state index in [1.54, 1.807) is 6.20 Å². The van der Waals surface area contributed by atoms with E-state index in [2.05, 4.69) is 46.6 Å². The Bertz CT molecular complexity index is 693. The fraction of sp³-hybridized carbons (Fsp3) is 0.400. The molecule has 1 aliphatic rings. The maximum Gasteiger partial charge on any atom is 0.219 e. The molecule has 0 atom stereocenters. The maximum absolute atomic E-state index is 5.82. The van der Waals surface area contributed by atoms with Crippen molar-refractivity contribution in [3.8, 4) is 11.6 Å². The predicted molar refractivity (Wildman–Crippen MR) is 101 cm³/mol. The van der Waals surface area contributed by atoms with Crippen LogP contribution in [0, 0.1) is 5.92 Å². The van der Waals surface area contributed by atoms with Crippen LogP contribution in [0.25, 0.3) is 0 Å². The first kappa shape index (κ1) is 17.4. The van der Waals surface area contributed by atoms with E-state index in [1.807, 2.05) is 24.3 Å². The number of nitrogens with one attached hydrogen (secondary N) is 2. The molecule has 0 aliphatic carbocycles. The number of pyridine rings is 1. The molecular formula is C20H26N4O. The van der Waals surface area contributed by atoms with Crippen molar-refractivity contribution in [3.63, 3.8) is 0 Å². The molecule has 0 saturated heterocycles. The Balaban J connectivity index is 1.51. The van der Waals surface area contributed by atoms with Gasteiger partial charge in [0, 0.05) is 30.9 Å². The van der Waals surface area contributed by atoms with Gasteiger partial charge in [0.25, 0.3) is 0 Å². The Morgan fingerprint density at radius 1 is 1.16 bits per heavy atom. The zero-order valence-corrected chi connectivity index (χ0v) is 15.0. The van der Waals surface area contributed by atoms with Gasteiger partial charge < -0.3 is 15.4 Å². The van der Waals surface area contributed by atoms with Crippen LogP contribution in [0.1, 0.15) is 31.4 Å². The second-order valence-electron chi connectivity index (χ2n) is 6.65. The Morgan fingerprint density at radius 2 is 2.00 bits per heavy atom. The van der Waals surface area contributed by atoms with Gasteiger partial charge in [0.2, 0.25) is 5.88 Å². The largest absolute Gasteiger partial charge is 0.439 e. The van der Waals surface area contributed by atoms with Crippen molar-refractivity contribution >= 4 is 5.84 Å². The maximum atomic E-state index is 5.82. The van der Waals surface area contributed by atoms with Crippen LogP contribution >= 0.6 is 0 Å². The smallest absolute Gasteiger partial charge is 0.219 e. The fourth-order valence-electron chi connectivity index (χ4n) is 2.59. The molecular weight excluding hydrogens is 312 g/mol. The van der Waals surface area contributed by atoms with E-state index < -0.39 is 0 Å². The van der Waals surface area contributed by atoms with Gasteiger partial charge in [-0.2, -0.15) is 0 Å². The van der Waals surface area contributed by atoms with Gasteiger partial charge in [-0.25, -0.2) is 4.98 Å². The van der Waals surface area contributed by atoms with Gasteiger partial charge >= 0.3 is 0 Å². The second-order valence-corrected chi connectivity index (χ2v) is 6.65. The van der Waals surface area contributed by atoms with Crippen LogP contribution in [0.3, 0.4) is 0 Å². The van der Waals surface area contributed by atoms with Gasteiger partial charge in [-0.05, 0) is 42.6 Å². The molecule has 5 nitrogen and oxygen atoms in total. The molecule has 2 aromatic rings. The summed E-state index contributed by atoms with van der Waals surface area (Å²) in [6, 6.07) is 12.0. The molecule has 0 spiro atoms. The number of hydrogen-bond acceptors (Lipinski definition) is 5. The van der Waals surface area contributed by atoms with Gasteiger partial charge in [0.15, 0.2) is 0 Å². The van der Waals surface area contributed by atoms with E-state index >= 15 is 0 Å². The van der Waals surface area contributed by atoms with Crippen molar-refractivity contribution < 1.29 is 4.74 Å². The van der Waals surface area contributed by atoms with E-state index in [0.717, 1.165) is 49.2 Å². The van der Waals surface area contributed by atoms with Gasteiger partial charge in [-0.1, -0.05) is 26.0 Å². The summed E-state index contributed by atoms with van der Waals surface area (Å²) in [4.78, 5) is 8.75. The van der Waals surface area contributed by atoms with Gasteiger partial charge in [-0.15, -0.1) is 0 Å². The SMILES string of the molecule is CC(C)CCNCc1ccc(Oc2ccc(C3=NCCN3)cn2)cc1. The molecule has 1 aromatic carbocycles. The molecule has 25 heavy (non-hydrogen) atoms. The third-order valence-corrected chi connectivity index (χ3v) is 4.06. The molecule has 0 saturated carbocycles. The molecule has 3 rings (SSSR count). The van der Waals surface area contributed by atoms with Crippen LogP contribution in [0.15, 0.2) is 47.6 Å². The lowest BCUT2D eigenvalue weighted by molar-refractivity contribution is 0.462. The zero-order valence-electron chi connectivity index (χ0n) is 15.0. The minimum absolute atomic E-state index is 0.588.